The van der Waals surface area contributed by atoms with E-state index in [-0.39, 0.29) is 30.6 Å². The quantitative estimate of drug-likeness (QED) is 0.743. The van der Waals surface area contributed by atoms with Gasteiger partial charge in [0.25, 0.3) is 0 Å². The third kappa shape index (κ3) is 4.02. The Morgan fingerprint density at radius 2 is 1.89 bits per heavy atom. The normalized spacial score (nSPS) is 15.2. The van der Waals surface area contributed by atoms with Gasteiger partial charge in [0.2, 0.25) is 0 Å². The molecule has 1 aromatic heterocycles. The molecule has 0 fully saturated rings. The third-order valence-corrected chi connectivity index (χ3v) is 5.42. The highest BCUT2D eigenvalue weighted by molar-refractivity contribution is 7.10. The van der Waals surface area contributed by atoms with Crippen LogP contribution in [0.5, 0.6) is 0 Å². The molecule has 0 amide bonds. The fourth-order valence-electron chi connectivity index (χ4n) is 3.01. The van der Waals surface area contributed by atoms with Gasteiger partial charge < -0.3 is 24.4 Å². The minimum absolute atomic E-state index is 0.0190. The molecule has 0 bridgehead atoms. The molecule has 2 aromatic rings. The van der Waals surface area contributed by atoms with E-state index in [4.69, 9.17) is 14.2 Å². The Bertz CT molecular complexity index is 878. The fraction of sp³-hybridized carbons (Fsp3) is 0.300. The summed E-state index contributed by atoms with van der Waals surface area (Å²) in [5.74, 6) is -1.24. The molecule has 1 aliphatic heterocycles. The zero-order chi connectivity index (χ0) is 20.1. The maximum Gasteiger partial charge on any atom is 0.355 e. The fourth-order valence-corrected chi connectivity index (χ4v) is 3.74. The number of benzene rings is 1. The summed E-state index contributed by atoms with van der Waals surface area (Å²) in [5.41, 5.74) is 1.76. The van der Waals surface area contributed by atoms with Gasteiger partial charge in [0.15, 0.2) is 0 Å². The molecule has 1 aliphatic rings. The molecule has 1 atom stereocenters. The largest absolute Gasteiger partial charge is 0.466 e. The lowest BCUT2D eigenvalue weighted by Crippen LogP contribution is -2.39. The number of nitrogens with one attached hydrogen (secondary N) is 1. The molecule has 8 heteroatoms. The maximum absolute atomic E-state index is 12.5. The average Bonchev–Trinajstić information content (AvgIpc) is 3.27. The summed E-state index contributed by atoms with van der Waals surface area (Å²) in [6.07, 6.45) is 0. The van der Waals surface area contributed by atoms with Crippen molar-refractivity contribution in [3.63, 3.8) is 0 Å². The van der Waals surface area contributed by atoms with Crippen LogP contribution in [0.25, 0.3) is 0 Å². The first-order valence-corrected chi connectivity index (χ1v) is 9.58. The Morgan fingerprint density at radius 1 is 1.14 bits per heavy atom. The number of rotatable bonds is 6. The summed E-state index contributed by atoms with van der Waals surface area (Å²) in [6, 6.07) is 11.7. The van der Waals surface area contributed by atoms with Crippen LogP contribution in [0.1, 0.15) is 17.8 Å². The lowest BCUT2D eigenvalue weighted by atomic mass is 10.1. The lowest BCUT2D eigenvalue weighted by molar-refractivity contribution is -0.140. The number of anilines is 2. The number of methoxy groups -OCH3 is 2. The summed E-state index contributed by atoms with van der Waals surface area (Å²) < 4.78 is 15.3. The summed E-state index contributed by atoms with van der Waals surface area (Å²) in [6.45, 7) is 2.15. The predicted molar refractivity (Wildman–Crippen MR) is 107 cm³/mol. The van der Waals surface area contributed by atoms with E-state index in [1.807, 2.05) is 35.7 Å². The molecule has 1 aromatic carbocycles. The van der Waals surface area contributed by atoms with Crippen LogP contribution in [-0.2, 0) is 23.8 Å². The van der Waals surface area contributed by atoms with E-state index < -0.39 is 11.9 Å². The second-order valence-electron chi connectivity index (χ2n) is 6.11. The molecule has 0 spiro atoms. The van der Waals surface area contributed by atoms with Gasteiger partial charge in [0, 0.05) is 4.88 Å². The highest BCUT2D eigenvalue weighted by Gasteiger charge is 2.33. The number of para-hydroxylation sites is 2. The highest BCUT2D eigenvalue weighted by Crippen LogP contribution is 2.34. The van der Waals surface area contributed by atoms with Crippen LogP contribution in [0.3, 0.4) is 0 Å². The van der Waals surface area contributed by atoms with E-state index in [1.54, 1.807) is 16.2 Å². The number of carbonyl (C=O) groups is 2. The Labute approximate surface area is 167 Å². The molecule has 0 aliphatic carbocycles. The van der Waals surface area contributed by atoms with Gasteiger partial charge in [-0.05, 0) is 30.5 Å². The second kappa shape index (κ2) is 8.90. The lowest BCUT2D eigenvalue weighted by Gasteiger charge is -2.33. The molecule has 0 saturated carbocycles. The minimum Gasteiger partial charge on any atom is -0.466 e. The number of carbonyl (C=O) groups excluding carboxylic acids is 2. The topological polar surface area (TPSA) is 77.1 Å². The second-order valence-corrected chi connectivity index (χ2v) is 7.09. The number of esters is 2. The van der Waals surface area contributed by atoms with E-state index in [2.05, 4.69) is 18.3 Å². The molecular weight excluding hydrogens is 380 g/mol. The molecule has 3 rings (SSSR count). The van der Waals surface area contributed by atoms with Crippen LogP contribution in [0, 0.1) is 0 Å². The zero-order valence-corrected chi connectivity index (χ0v) is 16.7. The number of hydrogen-bond donors (Lipinski definition) is 1. The first kappa shape index (κ1) is 19.9. The van der Waals surface area contributed by atoms with Gasteiger partial charge in [-0.3, -0.25) is 0 Å². The van der Waals surface area contributed by atoms with Crippen molar-refractivity contribution in [2.24, 2.45) is 0 Å². The van der Waals surface area contributed by atoms with Crippen LogP contribution >= 0.6 is 11.3 Å². The van der Waals surface area contributed by atoms with Gasteiger partial charge >= 0.3 is 11.9 Å². The molecule has 2 heterocycles. The molecule has 148 valence electrons. The SMILES string of the molecule is COC(=O)C1=C(C(=O)OC)N(c2ccccc2NC(C)c2cccs2)COC1. The summed E-state index contributed by atoms with van der Waals surface area (Å²) >= 11 is 1.66. The number of nitrogens with zero attached hydrogens (tertiary/aromatic N) is 1. The smallest absolute Gasteiger partial charge is 0.355 e. The van der Waals surface area contributed by atoms with E-state index in [0.29, 0.717) is 5.69 Å². The van der Waals surface area contributed by atoms with Crippen molar-refractivity contribution in [2.45, 2.75) is 13.0 Å². The maximum atomic E-state index is 12.5. The summed E-state index contributed by atoms with van der Waals surface area (Å²) in [7, 11) is 2.54. The van der Waals surface area contributed by atoms with Crippen molar-refractivity contribution in [3.05, 3.63) is 57.9 Å². The Kier molecular flexibility index (Phi) is 6.33. The van der Waals surface area contributed by atoms with Gasteiger partial charge in [0.1, 0.15) is 12.4 Å². The van der Waals surface area contributed by atoms with Crippen LogP contribution in [0.15, 0.2) is 53.0 Å². The van der Waals surface area contributed by atoms with Crippen molar-refractivity contribution >= 4 is 34.7 Å². The molecule has 28 heavy (non-hydrogen) atoms. The Morgan fingerprint density at radius 3 is 2.57 bits per heavy atom. The number of thiophene rings is 1. The number of ether oxygens (including phenoxy) is 3. The predicted octanol–water partition coefficient (Wildman–Crippen LogP) is 3.32. The van der Waals surface area contributed by atoms with Gasteiger partial charge in [-0.2, -0.15) is 0 Å². The van der Waals surface area contributed by atoms with Crippen molar-refractivity contribution in [1.29, 1.82) is 0 Å². The Hall–Kier alpha value is -2.84. The van der Waals surface area contributed by atoms with E-state index in [1.165, 1.54) is 19.1 Å². The van der Waals surface area contributed by atoms with Crippen LogP contribution < -0.4 is 10.2 Å². The summed E-state index contributed by atoms with van der Waals surface area (Å²) in [5, 5.41) is 5.49. The van der Waals surface area contributed by atoms with Crippen LogP contribution in [-0.4, -0.2) is 39.5 Å². The number of hydrogen-bond acceptors (Lipinski definition) is 8. The van der Waals surface area contributed by atoms with Crippen molar-refractivity contribution in [1.82, 2.24) is 0 Å². The van der Waals surface area contributed by atoms with Crippen LogP contribution in [0.2, 0.25) is 0 Å². The minimum atomic E-state index is -0.623. The molecule has 1 N–H and O–H groups in total. The van der Waals surface area contributed by atoms with Gasteiger partial charge in [-0.25, -0.2) is 9.59 Å². The van der Waals surface area contributed by atoms with E-state index in [0.717, 1.165) is 5.69 Å². The van der Waals surface area contributed by atoms with Gasteiger partial charge in [-0.15, -0.1) is 11.3 Å². The molecule has 0 radical (unpaired) electrons. The highest BCUT2D eigenvalue weighted by atomic mass is 32.1. The van der Waals surface area contributed by atoms with Crippen LogP contribution in [0.4, 0.5) is 11.4 Å². The first-order valence-electron chi connectivity index (χ1n) is 8.70. The third-order valence-electron chi connectivity index (χ3n) is 4.37. The van der Waals surface area contributed by atoms with Gasteiger partial charge in [0.05, 0.1) is 43.8 Å². The molecule has 0 saturated heterocycles. The zero-order valence-electron chi connectivity index (χ0n) is 15.9. The molecule has 1 unspecified atom stereocenters. The van der Waals surface area contributed by atoms with Crippen molar-refractivity contribution in [3.8, 4) is 0 Å². The first-order chi connectivity index (χ1) is 13.6. The Balaban J connectivity index is 2.01. The van der Waals surface area contributed by atoms with Crippen molar-refractivity contribution in [2.75, 3.05) is 37.8 Å². The van der Waals surface area contributed by atoms with Gasteiger partial charge in [-0.1, -0.05) is 18.2 Å². The van der Waals surface area contributed by atoms with Crippen molar-refractivity contribution < 1.29 is 23.8 Å². The standard InChI is InChI=1S/C20H22N2O5S/c1-13(17-9-6-10-28-17)21-15-7-4-5-8-16(15)22-12-27-11-14(19(23)25-2)18(22)20(24)26-3/h4-10,13,21H,11-12H2,1-3H3. The molecular formula is C20H22N2O5S. The molecule has 7 nitrogen and oxygen atoms in total. The summed E-state index contributed by atoms with van der Waals surface area (Å²) in [4.78, 5) is 27.5. The van der Waals surface area contributed by atoms with E-state index >= 15 is 0 Å². The van der Waals surface area contributed by atoms with E-state index in [9.17, 15) is 9.59 Å². The average molecular weight is 402 g/mol. The monoisotopic (exact) mass is 402 g/mol.